The molecule has 0 aliphatic carbocycles. The number of halogens is 5. The van der Waals surface area contributed by atoms with Crippen LogP contribution >= 0.6 is 0 Å². The molecule has 4 nitrogen and oxygen atoms in total. The van der Waals surface area contributed by atoms with Gasteiger partial charge >= 0.3 is 6.18 Å². The normalized spacial score (nSPS) is 11.4. The number of nitrogens with zero attached hydrogens (tertiary/aromatic N) is 2. The second-order valence-corrected chi connectivity index (χ2v) is 4.24. The Morgan fingerprint density at radius 1 is 1.09 bits per heavy atom. The summed E-state index contributed by atoms with van der Waals surface area (Å²) in [5.41, 5.74) is -1.52. The largest absolute Gasteiger partial charge is 0.433 e. The molecule has 22 heavy (non-hydrogen) atoms. The Morgan fingerprint density at radius 3 is 2.45 bits per heavy atom. The molecule has 0 bridgehead atoms. The van der Waals surface area contributed by atoms with Gasteiger partial charge in [-0.3, -0.25) is 0 Å². The molecule has 0 aliphatic heterocycles. The molecule has 1 aromatic heterocycles. The van der Waals surface area contributed by atoms with Crippen molar-refractivity contribution in [1.29, 1.82) is 0 Å². The first-order chi connectivity index (χ1) is 10.3. The van der Waals surface area contributed by atoms with Gasteiger partial charge < -0.3 is 10.6 Å². The Labute approximate surface area is 122 Å². The van der Waals surface area contributed by atoms with Crippen LogP contribution in [-0.2, 0) is 6.18 Å². The smallest absolute Gasteiger partial charge is 0.354 e. The number of hydrogen-bond acceptors (Lipinski definition) is 4. The predicted molar refractivity (Wildman–Crippen MR) is 70.8 cm³/mol. The van der Waals surface area contributed by atoms with Crippen LogP contribution in [-0.4, -0.2) is 16.5 Å². The van der Waals surface area contributed by atoms with Crippen molar-refractivity contribution >= 4 is 17.5 Å². The topological polar surface area (TPSA) is 49.8 Å². The highest BCUT2D eigenvalue weighted by Gasteiger charge is 2.33. The van der Waals surface area contributed by atoms with Gasteiger partial charge in [-0.1, -0.05) is 0 Å². The van der Waals surface area contributed by atoms with Gasteiger partial charge in [-0.2, -0.15) is 18.2 Å². The standard InChI is InChI=1S/C13H11F5N4/c1-2-19-12-21-10(13(16,17)18)6-11(22-12)20-9-5-7(14)3-4-8(9)15/h3-6H,2H2,1H3,(H2,19,20,21,22). The molecule has 0 aliphatic rings. The summed E-state index contributed by atoms with van der Waals surface area (Å²) in [6.45, 7) is 1.96. The molecule has 0 saturated carbocycles. The zero-order valence-electron chi connectivity index (χ0n) is 11.3. The summed E-state index contributed by atoms with van der Waals surface area (Å²) in [5.74, 6) is -2.13. The third kappa shape index (κ3) is 3.80. The van der Waals surface area contributed by atoms with Crippen LogP contribution in [0.25, 0.3) is 0 Å². The number of aromatic nitrogens is 2. The Hall–Kier alpha value is -2.45. The summed E-state index contributed by atoms with van der Waals surface area (Å²) < 4.78 is 65.0. The van der Waals surface area contributed by atoms with Crippen molar-refractivity contribution in [3.05, 3.63) is 41.6 Å². The molecular formula is C13H11F5N4. The van der Waals surface area contributed by atoms with Crippen LogP contribution in [0.4, 0.5) is 39.4 Å². The third-order valence-corrected chi connectivity index (χ3v) is 2.54. The maximum Gasteiger partial charge on any atom is 0.433 e. The Morgan fingerprint density at radius 2 is 1.82 bits per heavy atom. The highest BCUT2D eigenvalue weighted by Crippen LogP contribution is 2.30. The predicted octanol–water partition coefficient (Wildman–Crippen LogP) is 3.95. The van der Waals surface area contributed by atoms with Crippen molar-refractivity contribution in [2.75, 3.05) is 17.2 Å². The molecule has 2 aromatic rings. The summed E-state index contributed by atoms with van der Waals surface area (Å²) in [6, 6.07) is 3.18. The Balaban J connectivity index is 2.41. The molecule has 0 fully saturated rings. The van der Waals surface area contributed by atoms with Gasteiger partial charge in [0, 0.05) is 18.7 Å². The molecule has 0 amide bonds. The number of nitrogens with one attached hydrogen (secondary N) is 2. The maximum absolute atomic E-state index is 13.5. The minimum atomic E-state index is -4.69. The van der Waals surface area contributed by atoms with Crippen LogP contribution in [0.5, 0.6) is 0 Å². The summed E-state index contributed by atoms with van der Waals surface area (Å²) in [6.07, 6.45) is -4.69. The van der Waals surface area contributed by atoms with Crippen LogP contribution in [0.1, 0.15) is 12.6 Å². The number of anilines is 3. The summed E-state index contributed by atoms with van der Waals surface area (Å²) in [4.78, 5) is 7.10. The SMILES string of the molecule is CCNc1nc(Nc2cc(F)ccc2F)cc(C(F)(F)F)n1. The lowest BCUT2D eigenvalue weighted by molar-refractivity contribution is -0.141. The fourth-order valence-corrected chi connectivity index (χ4v) is 1.62. The second-order valence-electron chi connectivity index (χ2n) is 4.24. The van der Waals surface area contributed by atoms with E-state index in [1.807, 2.05) is 0 Å². The average molecular weight is 318 g/mol. The van der Waals surface area contributed by atoms with E-state index in [0.717, 1.165) is 18.2 Å². The van der Waals surface area contributed by atoms with E-state index in [0.29, 0.717) is 12.6 Å². The van der Waals surface area contributed by atoms with Crippen LogP contribution < -0.4 is 10.6 Å². The first-order valence-electron chi connectivity index (χ1n) is 6.22. The van der Waals surface area contributed by atoms with Gasteiger partial charge in [-0.05, 0) is 19.1 Å². The van der Waals surface area contributed by atoms with Crippen molar-refractivity contribution in [3.63, 3.8) is 0 Å². The van der Waals surface area contributed by atoms with Crippen LogP contribution in [0, 0.1) is 11.6 Å². The van der Waals surface area contributed by atoms with Gasteiger partial charge in [-0.15, -0.1) is 0 Å². The molecule has 0 radical (unpaired) electrons. The molecule has 118 valence electrons. The van der Waals surface area contributed by atoms with E-state index in [2.05, 4.69) is 20.6 Å². The second kappa shape index (κ2) is 6.12. The average Bonchev–Trinajstić information content (AvgIpc) is 2.42. The molecule has 1 heterocycles. The lowest BCUT2D eigenvalue weighted by Gasteiger charge is -2.12. The van der Waals surface area contributed by atoms with Gasteiger partial charge in [0.2, 0.25) is 5.95 Å². The highest BCUT2D eigenvalue weighted by molar-refractivity contribution is 5.58. The van der Waals surface area contributed by atoms with E-state index >= 15 is 0 Å². The Bertz CT molecular complexity index is 672. The molecule has 2 N–H and O–H groups in total. The highest BCUT2D eigenvalue weighted by atomic mass is 19.4. The van der Waals surface area contributed by atoms with Crippen molar-refractivity contribution < 1.29 is 22.0 Å². The molecular weight excluding hydrogens is 307 g/mol. The fraction of sp³-hybridized carbons (Fsp3) is 0.231. The molecule has 0 atom stereocenters. The van der Waals surface area contributed by atoms with Gasteiger partial charge in [0.05, 0.1) is 5.69 Å². The lowest BCUT2D eigenvalue weighted by atomic mass is 10.3. The van der Waals surface area contributed by atoms with Crippen molar-refractivity contribution in [1.82, 2.24) is 9.97 Å². The molecule has 1 aromatic carbocycles. The van der Waals surface area contributed by atoms with E-state index in [9.17, 15) is 22.0 Å². The number of rotatable bonds is 4. The van der Waals surface area contributed by atoms with Gasteiger partial charge in [0.25, 0.3) is 0 Å². The van der Waals surface area contributed by atoms with Gasteiger partial charge in [-0.25, -0.2) is 13.8 Å². The Kier molecular flexibility index (Phi) is 4.43. The monoisotopic (exact) mass is 318 g/mol. The van der Waals surface area contributed by atoms with Crippen LogP contribution in [0.15, 0.2) is 24.3 Å². The molecule has 0 unspecified atom stereocenters. The maximum atomic E-state index is 13.5. The first kappa shape index (κ1) is 15.9. The van der Waals surface area contributed by atoms with Gasteiger partial charge in [0.1, 0.15) is 17.5 Å². The lowest BCUT2D eigenvalue weighted by Crippen LogP contribution is -2.13. The zero-order valence-corrected chi connectivity index (χ0v) is 11.3. The van der Waals surface area contributed by atoms with E-state index in [1.54, 1.807) is 6.92 Å². The number of hydrogen-bond donors (Lipinski definition) is 2. The third-order valence-electron chi connectivity index (χ3n) is 2.54. The van der Waals surface area contributed by atoms with E-state index in [-0.39, 0.29) is 17.5 Å². The minimum absolute atomic E-state index is 0.267. The fourth-order valence-electron chi connectivity index (χ4n) is 1.62. The van der Waals surface area contributed by atoms with Crippen molar-refractivity contribution in [2.24, 2.45) is 0 Å². The van der Waals surface area contributed by atoms with E-state index in [4.69, 9.17) is 0 Å². The summed E-state index contributed by atoms with van der Waals surface area (Å²) in [7, 11) is 0. The molecule has 2 rings (SSSR count). The van der Waals surface area contributed by atoms with Crippen LogP contribution in [0.2, 0.25) is 0 Å². The number of alkyl halides is 3. The van der Waals surface area contributed by atoms with Gasteiger partial charge in [0.15, 0.2) is 5.69 Å². The van der Waals surface area contributed by atoms with Crippen molar-refractivity contribution in [3.8, 4) is 0 Å². The molecule has 0 saturated heterocycles. The van der Waals surface area contributed by atoms with E-state index in [1.165, 1.54) is 0 Å². The molecule has 9 heteroatoms. The minimum Gasteiger partial charge on any atom is -0.354 e. The number of benzene rings is 1. The van der Waals surface area contributed by atoms with Crippen LogP contribution in [0.3, 0.4) is 0 Å². The van der Waals surface area contributed by atoms with Crippen molar-refractivity contribution in [2.45, 2.75) is 13.1 Å². The quantitative estimate of drug-likeness (QED) is 0.838. The summed E-state index contributed by atoms with van der Waals surface area (Å²) in [5, 5.41) is 4.86. The van der Waals surface area contributed by atoms with E-state index < -0.39 is 23.5 Å². The summed E-state index contributed by atoms with van der Waals surface area (Å²) >= 11 is 0. The zero-order chi connectivity index (χ0) is 16.3. The molecule has 0 spiro atoms. The first-order valence-corrected chi connectivity index (χ1v) is 6.22.